The Morgan fingerprint density at radius 2 is 1.70 bits per heavy atom. The molecule has 0 radical (unpaired) electrons. The fourth-order valence-corrected chi connectivity index (χ4v) is 4.28. The number of hydrogen-bond donors (Lipinski definition) is 0. The summed E-state index contributed by atoms with van der Waals surface area (Å²) in [6.45, 7) is 0.552. The van der Waals surface area contributed by atoms with E-state index in [9.17, 15) is 14.4 Å². The highest BCUT2D eigenvalue weighted by Gasteiger charge is 2.63. The summed E-state index contributed by atoms with van der Waals surface area (Å²) < 4.78 is 0.989. The molecule has 0 spiro atoms. The molecular formula is C17H15BrN2O3. The van der Waals surface area contributed by atoms with Crippen molar-refractivity contribution in [2.24, 2.45) is 11.8 Å². The Balaban J connectivity index is 1.71. The predicted octanol–water partition coefficient (Wildman–Crippen LogP) is 1.37. The van der Waals surface area contributed by atoms with Crippen LogP contribution in [0.25, 0.3) is 0 Å². The van der Waals surface area contributed by atoms with Crippen molar-refractivity contribution in [3.05, 3.63) is 46.5 Å². The van der Waals surface area contributed by atoms with Gasteiger partial charge in [0.05, 0.1) is 17.9 Å². The smallest absolute Gasteiger partial charge is 0.234 e. The lowest BCUT2D eigenvalue weighted by atomic mass is 9.90. The Bertz CT molecular complexity index is 743. The first-order valence-electron chi connectivity index (χ1n) is 7.52. The Morgan fingerprint density at radius 3 is 2.39 bits per heavy atom. The molecule has 0 N–H and O–H groups in total. The van der Waals surface area contributed by atoms with Gasteiger partial charge < -0.3 is 0 Å². The standard InChI is InChI=1S/C17H15BrN2O3/c1-19-16(22)13-11-6-7-12(21)15(14(13)17(19)23)20(11)8-9-2-4-10(18)5-3-9/h2-7,11,13-15H,8H2,1H3/t11-,13-,14-,15+/m1/s1. The third-order valence-corrected chi connectivity index (χ3v) is 5.62. The molecule has 4 rings (SSSR count). The number of benzene rings is 1. The first-order valence-corrected chi connectivity index (χ1v) is 8.32. The van der Waals surface area contributed by atoms with Crippen LogP contribution in [0.4, 0.5) is 0 Å². The highest BCUT2D eigenvalue weighted by Crippen LogP contribution is 2.45. The van der Waals surface area contributed by atoms with E-state index in [0.717, 1.165) is 10.0 Å². The number of nitrogens with zero attached hydrogens (tertiary/aromatic N) is 2. The maximum absolute atomic E-state index is 12.4. The zero-order chi connectivity index (χ0) is 16.3. The van der Waals surface area contributed by atoms with Crippen LogP contribution in [-0.4, -0.2) is 46.5 Å². The molecule has 0 aromatic heterocycles. The van der Waals surface area contributed by atoms with Crippen LogP contribution >= 0.6 is 15.9 Å². The van der Waals surface area contributed by atoms with Crippen LogP contribution in [0.2, 0.25) is 0 Å². The van der Waals surface area contributed by atoms with Crippen LogP contribution in [0.5, 0.6) is 0 Å². The van der Waals surface area contributed by atoms with E-state index in [4.69, 9.17) is 0 Å². The molecule has 1 aromatic carbocycles. The van der Waals surface area contributed by atoms with Crippen LogP contribution in [-0.2, 0) is 20.9 Å². The van der Waals surface area contributed by atoms with E-state index in [-0.39, 0.29) is 23.6 Å². The van der Waals surface area contributed by atoms with E-state index in [0.29, 0.717) is 6.54 Å². The van der Waals surface area contributed by atoms with Gasteiger partial charge in [-0.3, -0.25) is 24.2 Å². The number of imide groups is 1. The first kappa shape index (κ1) is 14.8. The summed E-state index contributed by atoms with van der Waals surface area (Å²) in [6.07, 6.45) is 3.32. The van der Waals surface area contributed by atoms with E-state index in [1.54, 1.807) is 6.08 Å². The molecule has 2 fully saturated rings. The van der Waals surface area contributed by atoms with Gasteiger partial charge in [0.2, 0.25) is 11.8 Å². The van der Waals surface area contributed by atoms with Crippen LogP contribution in [0.15, 0.2) is 40.9 Å². The maximum Gasteiger partial charge on any atom is 0.234 e. The summed E-state index contributed by atoms with van der Waals surface area (Å²) in [6, 6.07) is 7.15. The van der Waals surface area contributed by atoms with Gasteiger partial charge in [0.15, 0.2) is 5.78 Å². The summed E-state index contributed by atoms with van der Waals surface area (Å²) >= 11 is 3.40. The van der Waals surface area contributed by atoms with Crippen molar-refractivity contribution in [2.45, 2.75) is 18.6 Å². The van der Waals surface area contributed by atoms with Crippen molar-refractivity contribution in [1.82, 2.24) is 9.80 Å². The molecule has 0 unspecified atom stereocenters. The summed E-state index contributed by atoms with van der Waals surface area (Å²) in [5.41, 5.74) is 1.06. The zero-order valence-corrected chi connectivity index (χ0v) is 14.1. The molecule has 3 heterocycles. The lowest BCUT2D eigenvalue weighted by Crippen LogP contribution is -2.48. The normalized spacial score (nSPS) is 32.8. The van der Waals surface area contributed by atoms with Crippen LogP contribution < -0.4 is 0 Å². The topological polar surface area (TPSA) is 57.7 Å². The molecule has 2 amide bonds. The fourth-order valence-electron chi connectivity index (χ4n) is 4.02. The average Bonchev–Trinajstić information content (AvgIpc) is 2.89. The minimum atomic E-state index is -0.546. The van der Waals surface area contributed by atoms with Gasteiger partial charge in [-0.25, -0.2) is 0 Å². The van der Waals surface area contributed by atoms with Crippen molar-refractivity contribution in [1.29, 1.82) is 0 Å². The minimum absolute atomic E-state index is 0.0812. The molecule has 5 nitrogen and oxygen atoms in total. The molecule has 118 valence electrons. The fraction of sp³-hybridized carbons (Fsp3) is 0.353. The number of fused-ring (bicyclic) bond motifs is 5. The number of rotatable bonds is 2. The second kappa shape index (κ2) is 5.11. The van der Waals surface area contributed by atoms with E-state index < -0.39 is 17.9 Å². The maximum atomic E-state index is 12.4. The minimum Gasteiger partial charge on any atom is -0.293 e. The van der Waals surface area contributed by atoms with E-state index in [1.807, 2.05) is 29.2 Å². The largest absolute Gasteiger partial charge is 0.293 e. The highest BCUT2D eigenvalue weighted by molar-refractivity contribution is 9.10. The number of halogens is 1. The molecule has 6 heteroatoms. The Hall–Kier alpha value is -1.79. The SMILES string of the molecule is CN1C(=O)[C@@H]2[C@H](C1=O)[C@H]1C=CC(=O)[C@@H]2N1Cc1ccc(Br)cc1. The molecule has 3 aliphatic heterocycles. The molecule has 0 saturated carbocycles. The lowest BCUT2D eigenvalue weighted by molar-refractivity contribution is -0.141. The van der Waals surface area contributed by atoms with Gasteiger partial charge in [-0.2, -0.15) is 0 Å². The zero-order valence-electron chi connectivity index (χ0n) is 12.5. The number of amides is 2. The van der Waals surface area contributed by atoms with E-state index in [2.05, 4.69) is 15.9 Å². The Labute approximate surface area is 142 Å². The van der Waals surface area contributed by atoms with Gasteiger partial charge >= 0.3 is 0 Å². The Kier molecular flexibility index (Phi) is 3.28. The van der Waals surface area contributed by atoms with Crippen molar-refractivity contribution < 1.29 is 14.4 Å². The average molecular weight is 375 g/mol. The molecule has 3 aliphatic rings. The molecule has 23 heavy (non-hydrogen) atoms. The summed E-state index contributed by atoms with van der Waals surface area (Å²) in [7, 11) is 1.51. The Morgan fingerprint density at radius 1 is 1.04 bits per heavy atom. The monoisotopic (exact) mass is 374 g/mol. The molecule has 2 bridgehead atoms. The first-order chi connectivity index (χ1) is 11.0. The van der Waals surface area contributed by atoms with Crippen LogP contribution in [0.1, 0.15) is 5.56 Å². The molecule has 4 atom stereocenters. The lowest BCUT2D eigenvalue weighted by Gasteiger charge is -2.32. The van der Waals surface area contributed by atoms with E-state index in [1.165, 1.54) is 18.0 Å². The highest BCUT2D eigenvalue weighted by atomic mass is 79.9. The molecule has 0 aliphatic carbocycles. The number of hydrogen-bond acceptors (Lipinski definition) is 4. The summed E-state index contributed by atoms with van der Waals surface area (Å²) in [5, 5.41) is 0. The van der Waals surface area contributed by atoms with Crippen molar-refractivity contribution in [2.75, 3.05) is 7.05 Å². The van der Waals surface area contributed by atoms with Crippen molar-refractivity contribution >= 4 is 33.5 Å². The second-order valence-electron chi connectivity index (χ2n) is 6.28. The second-order valence-corrected chi connectivity index (χ2v) is 7.20. The molecule has 2 saturated heterocycles. The van der Waals surface area contributed by atoms with Gasteiger partial charge in [0.1, 0.15) is 0 Å². The van der Waals surface area contributed by atoms with Gasteiger partial charge in [-0.1, -0.05) is 34.1 Å². The van der Waals surface area contributed by atoms with Crippen molar-refractivity contribution in [3.8, 4) is 0 Å². The number of carbonyl (C=O) groups excluding carboxylic acids is 3. The number of ketones is 1. The third-order valence-electron chi connectivity index (χ3n) is 5.09. The summed E-state index contributed by atoms with van der Waals surface area (Å²) in [5.74, 6) is -1.47. The third kappa shape index (κ3) is 2.05. The van der Waals surface area contributed by atoms with Crippen molar-refractivity contribution in [3.63, 3.8) is 0 Å². The summed E-state index contributed by atoms with van der Waals surface area (Å²) in [4.78, 5) is 40.4. The van der Waals surface area contributed by atoms with Gasteiger partial charge in [-0.15, -0.1) is 0 Å². The van der Waals surface area contributed by atoms with E-state index >= 15 is 0 Å². The van der Waals surface area contributed by atoms with Crippen LogP contribution in [0, 0.1) is 11.8 Å². The van der Waals surface area contributed by atoms with Crippen LogP contribution in [0.3, 0.4) is 0 Å². The quantitative estimate of drug-likeness (QED) is 0.733. The van der Waals surface area contributed by atoms with Gasteiger partial charge in [0, 0.05) is 24.1 Å². The molecular weight excluding hydrogens is 360 g/mol. The van der Waals surface area contributed by atoms with Gasteiger partial charge in [0.25, 0.3) is 0 Å². The van der Waals surface area contributed by atoms with Gasteiger partial charge in [-0.05, 0) is 23.8 Å². The number of carbonyl (C=O) groups is 3. The molecule has 1 aromatic rings. The number of likely N-dealkylation sites (tertiary alicyclic amines) is 1. The predicted molar refractivity (Wildman–Crippen MR) is 86.2 cm³/mol.